The monoisotopic (exact) mass is 407 g/mol. The number of hydrogen-bond acceptors (Lipinski definition) is 3. The van der Waals surface area contributed by atoms with Gasteiger partial charge in [-0.3, -0.25) is 4.99 Å². The molecule has 5 nitrogen and oxygen atoms in total. The van der Waals surface area contributed by atoms with Crippen LogP contribution in [0.15, 0.2) is 23.2 Å². The lowest BCUT2D eigenvalue weighted by atomic mass is 10.2. The van der Waals surface area contributed by atoms with Crippen LogP contribution >= 0.6 is 24.0 Å². The van der Waals surface area contributed by atoms with Crippen molar-refractivity contribution in [1.29, 1.82) is 0 Å². The van der Waals surface area contributed by atoms with Crippen LogP contribution in [0.2, 0.25) is 0 Å². The van der Waals surface area contributed by atoms with Gasteiger partial charge in [-0.2, -0.15) is 0 Å². The molecule has 2 N–H and O–H groups in total. The molecule has 21 heavy (non-hydrogen) atoms. The van der Waals surface area contributed by atoms with Gasteiger partial charge in [0.15, 0.2) is 17.5 Å². The van der Waals surface area contributed by atoms with Gasteiger partial charge in [-0.15, -0.1) is 24.0 Å². The summed E-state index contributed by atoms with van der Waals surface area (Å²) in [5.74, 6) is 2.21. The summed E-state index contributed by atoms with van der Waals surface area (Å²) in [7, 11) is 3.39. The smallest absolute Gasteiger partial charge is 0.195 e. The second-order valence-electron chi connectivity index (χ2n) is 4.28. The maximum Gasteiger partial charge on any atom is 0.195 e. The summed E-state index contributed by atoms with van der Waals surface area (Å²) in [5, 5.41) is 6.50. The second-order valence-corrected chi connectivity index (χ2v) is 4.28. The molecular formula is C15H26IN3O2. The van der Waals surface area contributed by atoms with Crippen molar-refractivity contribution in [2.45, 2.75) is 26.7 Å². The number of hydrogen-bond donors (Lipinski definition) is 2. The SMILES string of the molecule is CCCCNC(=NC)Nc1ccc(OCC)c(OC)c1.I. The Morgan fingerprint density at radius 1 is 1.24 bits per heavy atom. The van der Waals surface area contributed by atoms with E-state index in [-0.39, 0.29) is 24.0 Å². The molecule has 0 aliphatic rings. The van der Waals surface area contributed by atoms with Crippen molar-refractivity contribution in [2.24, 2.45) is 4.99 Å². The largest absolute Gasteiger partial charge is 0.493 e. The van der Waals surface area contributed by atoms with E-state index in [0.717, 1.165) is 36.8 Å². The Morgan fingerprint density at radius 2 is 2.00 bits per heavy atom. The van der Waals surface area contributed by atoms with Gasteiger partial charge in [-0.25, -0.2) is 0 Å². The average Bonchev–Trinajstić information content (AvgIpc) is 2.48. The molecule has 0 aliphatic heterocycles. The highest BCUT2D eigenvalue weighted by atomic mass is 127. The molecule has 0 radical (unpaired) electrons. The van der Waals surface area contributed by atoms with Crippen molar-refractivity contribution in [3.05, 3.63) is 18.2 Å². The second kappa shape index (κ2) is 11.5. The van der Waals surface area contributed by atoms with Crippen LogP contribution in [0.3, 0.4) is 0 Å². The fourth-order valence-electron chi connectivity index (χ4n) is 1.72. The maximum absolute atomic E-state index is 5.49. The summed E-state index contributed by atoms with van der Waals surface area (Å²) in [5.41, 5.74) is 0.912. The first-order valence-corrected chi connectivity index (χ1v) is 7.03. The van der Waals surface area contributed by atoms with Gasteiger partial charge in [0.05, 0.1) is 13.7 Å². The summed E-state index contributed by atoms with van der Waals surface area (Å²) >= 11 is 0. The number of nitrogens with zero attached hydrogens (tertiary/aromatic N) is 1. The number of ether oxygens (including phenoxy) is 2. The lowest BCUT2D eigenvalue weighted by molar-refractivity contribution is 0.311. The molecule has 0 unspecified atom stereocenters. The van der Waals surface area contributed by atoms with Crippen LogP contribution in [0.1, 0.15) is 26.7 Å². The molecule has 0 heterocycles. The number of rotatable bonds is 7. The molecule has 0 aliphatic carbocycles. The minimum atomic E-state index is 0. The third-order valence-electron chi connectivity index (χ3n) is 2.77. The third kappa shape index (κ3) is 6.88. The Hall–Kier alpha value is -1.18. The summed E-state index contributed by atoms with van der Waals surface area (Å²) in [6.07, 6.45) is 2.27. The number of methoxy groups -OCH3 is 1. The normalized spacial score (nSPS) is 10.6. The van der Waals surface area contributed by atoms with Crippen molar-refractivity contribution in [2.75, 3.05) is 32.6 Å². The first-order valence-electron chi connectivity index (χ1n) is 7.03. The Bertz CT molecular complexity index is 439. The average molecular weight is 407 g/mol. The number of guanidine groups is 1. The lowest BCUT2D eigenvalue weighted by Gasteiger charge is -2.14. The van der Waals surface area contributed by atoms with E-state index in [2.05, 4.69) is 22.5 Å². The first-order chi connectivity index (χ1) is 9.74. The van der Waals surface area contributed by atoms with E-state index >= 15 is 0 Å². The first kappa shape index (κ1) is 19.8. The van der Waals surface area contributed by atoms with Gasteiger partial charge in [-0.1, -0.05) is 13.3 Å². The number of nitrogens with one attached hydrogen (secondary N) is 2. The van der Waals surface area contributed by atoms with E-state index in [1.165, 1.54) is 0 Å². The molecule has 6 heteroatoms. The Balaban J connectivity index is 0.00000400. The van der Waals surface area contributed by atoms with Crippen molar-refractivity contribution < 1.29 is 9.47 Å². The summed E-state index contributed by atoms with van der Waals surface area (Å²) in [6, 6.07) is 5.74. The van der Waals surface area contributed by atoms with Gasteiger partial charge in [0.25, 0.3) is 0 Å². The Kier molecular flexibility index (Phi) is 10.8. The van der Waals surface area contributed by atoms with Crippen LogP contribution in [0.4, 0.5) is 5.69 Å². The van der Waals surface area contributed by atoms with Crippen LogP contribution in [-0.2, 0) is 0 Å². The Morgan fingerprint density at radius 3 is 2.57 bits per heavy atom. The highest BCUT2D eigenvalue weighted by Crippen LogP contribution is 2.30. The van der Waals surface area contributed by atoms with Crippen LogP contribution in [0.25, 0.3) is 0 Å². The van der Waals surface area contributed by atoms with Crippen LogP contribution in [-0.4, -0.2) is 33.3 Å². The van der Waals surface area contributed by atoms with Gasteiger partial charge >= 0.3 is 0 Å². The molecule has 0 bridgehead atoms. The lowest BCUT2D eigenvalue weighted by Crippen LogP contribution is -2.31. The van der Waals surface area contributed by atoms with E-state index in [4.69, 9.17) is 9.47 Å². The molecule has 0 fully saturated rings. The van der Waals surface area contributed by atoms with Gasteiger partial charge < -0.3 is 20.1 Å². The van der Waals surface area contributed by atoms with Crippen molar-refractivity contribution >= 4 is 35.6 Å². The number of halogens is 1. The van der Waals surface area contributed by atoms with Crippen molar-refractivity contribution in [3.63, 3.8) is 0 Å². The fraction of sp³-hybridized carbons (Fsp3) is 0.533. The Labute approximate surface area is 144 Å². The highest BCUT2D eigenvalue weighted by molar-refractivity contribution is 14.0. The number of unbranched alkanes of at least 4 members (excludes halogenated alkanes) is 1. The number of aliphatic imine (C=N–C) groups is 1. The maximum atomic E-state index is 5.49. The molecule has 0 atom stereocenters. The molecule has 0 amide bonds. The molecule has 0 saturated heterocycles. The summed E-state index contributed by atoms with van der Waals surface area (Å²) in [4.78, 5) is 4.19. The van der Waals surface area contributed by atoms with Gasteiger partial charge in [-0.05, 0) is 25.5 Å². The number of anilines is 1. The third-order valence-corrected chi connectivity index (χ3v) is 2.77. The zero-order chi connectivity index (χ0) is 14.8. The summed E-state index contributed by atoms with van der Waals surface area (Å²) < 4.78 is 10.8. The van der Waals surface area contributed by atoms with Gasteiger partial charge in [0, 0.05) is 25.3 Å². The standard InChI is InChI=1S/C15H25N3O2.HI/c1-5-7-10-17-15(16-3)18-12-8-9-13(20-6-2)14(11-12)19-4;/h8-9,11H,5-7,10H2,1-4H3,(H2,16,17,18);1H. The highest BCUT2D eigenvalue weighted by Gasteiger charge is 2.06. The minimum Gasteiger partial charge on any atom is -0.493 e. The predicted octanol–water partition coefficient (Wildman–Crippen LogP) is 3.50. The molecule has 120 valence electrons. The molecule has 0 aromatic heterocycles. The topological polar surface area (TPSA) is 54.9 Å². The van der Waals surface area contributed by atoms with E-state index in [9.17, 15) is 0 Å². The van der Waals surface area contributed by atoms with Crippen LogP contribution in [0.5, 0.6) is 11.5 Å². The molecule has 0 spiro atoms. The van der Waals surface area contributed by atoms with Gasteiger partial charge in [0.2, 0.25) is 0 Å². The number of benzene rings is 1. The zero-order valence-electron chi connectivity index (χ0n) is 13.2. The minimum absolute atomic E-state index is 0. The van der Waals surface area contributed by atoms with Crippen molar-refractivity contribution in [3.8, 4) is 11.5 Å². The van der Waals surface area contributed by atoms with Crippen LogP contribution in [0, 0.1) is 0 Å². The molecule has 0 saturated carbocycles. The predicted molar refractivity (Wildman–Crippen MR) is 99.5 cm³/mol. The van der Waals surface area contributed by atoms with E-state index in [1.54, 1.807) is 14.2 Å². The van der Waals surface area contributed by atoms with Gasteiger partial charge in [0.1, 0.15) is 0 Å². The van der Waals surface area contributed by atoms with E-state index in [1.807, 2.05) is 25.1 Å². The fourth-order valence-corrected chi connectivity index (χ4v) is 1.72. The van der Waals surface area contributed by atoms with Crippen molar-refractivity contribution in [1.82, 2.24) is 5.32 Å². The summed E-state index contributed by atoms with van der Waals surface area (Å²) in [6.45, 7) is 5.63. The quantitative estimate of drug-likeness (QED) is 0.315. The van der Waals surface area contributed by atoms with E-state index < -0.39 is 0 Å². The zero-order valence-corrected chi connectivity index (χ0v) is 15.6. The molecule has 1 aromatic rings. The van der Waals surface area contributed by atoms with Crippen LogP contribution < -0.4 is 20.1 Å². The molecular weight excluding hydrogens is 381 g/mol. The molecule has 1 rings (SSSR count). The molecule has 1 aromatic carbocycles. The van der Waals surface area contributed by atoms with E-state index in [0.29, 0.717) is 12.4 Å².